The predicted octanol–water partition coefficient (Wildman–Crippen LogP) is 2.05. The Morgan fingerprint density at radius 1 is 1.17 bits per heavy atom. The number of rotatable bonds is 7. The Morgan fingerprint density at radius 2 is 1.88 bits per heavy atom. The lowest BCUT2D eigenvalue weighted by molar-refractivity contribution is -0.119. The van der Waals surface area contributed by atoms with Crippen molar-refractivity contribution in [3.05, 3.63) is 65.5 Å². The molecule has 0 spiro atoms. The second kappa shape index (κ2) is 8.10. The van der Waals surface area contributed by atoms with Crippen molar-refractivity contribution in [1.82, 2.24) is 5.32 Å². The number of nitrogens with two attached hydrogens (primary N) is 1. The van der Waals surface area contributed by atoms with E-state index in [1.807, 2.05) is 30.3 Å². The van der Waals surface area contributed by atoms with Crippen LogP contribution in [0.15, 0.2) is 48.5 Å². The van der Waals surface area contributed by atoms with Gasteiger partial charge in [-0.2, -0.15) is 0 Å². The lowest BCUT2D eigenvalue weighted by Gasteiger charge is -2.17. The van der Waals surface area contributed by atoms with Gasteiger partial charge in [0.15, 0.2) is 11.6 Å². The van der Waals surface area contributed by atoms with Crippen molar-refractivity contribution in [2.45, 2.75) is 19.4 Å². The Labute approximate surface area is 139 Å². The highest BCUT2D eigenvalue weighted by atomic mass is 19.1. The maximum atomic E-state index is 13.8. The predicted molar refractivity (Wildman–Crippen MR) is 88.2 cm³/mol. The number of halogens is 1. The molecule has 1 atom stereocenters. The van der Waals surface area contributed by atoms with Crippen molar-refractivity contribution in [2.24, 2.45) is 5.73 Å². The Kier molecular flexibility index (Phi) is 5.89. The molecule has 5 nitrogen and oxygen atoms in total. The monoisotopic (exact) mass is 330 g/mol. The summed E-state index contributed by atoms with van der Waals surface area (Å²) in [6.45, 7) is 1.90. The standard InChI is InChI=1S/C18H19FN2O3/c1-2-24-16-13(9-6-10-14(16)19)18(23)21-15(17(20)22)11-12-7-4-3-5-8-12/h3-10,15H,2,11H2,1H3,(H2,20,22)(H,21,23)/t15-/m1/s1. The smallest absolute Gasteiger partial charge is 0.255 e. The zero-order chi connectivity index (χ0) is 17.5. The van der Waals surface area contributed by atoms with Gasteiger partial charge < -0.3 is 15.8 Å². The molecule has 0 unspecified atom stereocenters. The maximum Gasteiger partial charge on any atom is 0.255 e. The molecule has 0 saturated heterocycles. The normalized spacial score (nSPS) is 11.6. The van der Waals surface area contributed by atoms with Crippen LogP contribution in [-0.4, -0.2) is 24.5 Å². The molecule has 0 aliphatic rings. The van der Waals surface area contributed by atoms with Gasteiger partial charge in [0.25, 0.3) is 5.91 Å². The number of hydrogen-bond acceptors (Lipinski definition) is 3. The molecule has 3 N–H and O–H groups in total. The van der Waals surface area contributed by atoms with Crippen LogP contribution in [0.1, 0.15) is 22.8 Å². The summed E-state index contributed by atoms with van der Waals surface area (Å²) in [6.07, 6.45) is 0.251. The Morgan fingerprint density at radius 3 is 2.50 bits per heavy atom. The minimum absolute atomic E-state index is 0.0242. The first-order valence-electron chi connectivity index (χ1n) is 7.58. The van der Waals surface area contributed by atoms with Crippen molar-refractivity contribution in [3.8, 4) is 5.75 Å². The molecule has 2 aromatic carbocycles. The molecule has 2 rings (SSSR count). The van der Waals surface area contributed by atoms with Gasteiger partial charge in [0.1, 0.15) is 6.04 Å². The highest BCUT2D eigenvalue weighted by molar-refractivity contribution is 5.99. The van der Waals surface area contributed by atoms with Gasteiger partial charge in [0.2, 0.25) is 5.91 Å². The third-order valence-electron chi connectivity index (χ3n) is 3.43. The first kappa shape index (κ1) is 17.5. The fourth-order valence-electron chi connectivity index (χ4n) is 2.29. The second-order valence-corrected chi connectivity index (χ2v) is 5.17. The second-order valence-electron chi connectivity index (χ2n) is 5.17. The molecule has 0 aliphatic heterocycles. The van der Waals surface area contributed by atoms with E-state index in [2.05, 4.69) is 5.32 Å². The van der Waals surface area contributed by atoms with Crippen molar-refractivity contribution in [1.29, 1.82) is 0 Å². The van der Waals surface area contributed by atoms with E-state index in [9.17, 15) is 14.0 Å². The summed E-state index contributed by atoms with van der Waals surface area (Å²) in [7, 11) is 0. The van der Waals surface area contributed by atoms with Crippen LogP contribution in [0.25, 0.3) is 0 Å². The quantitative estimate of drug-likeness (QED) is 0.815. The van der Waals surface area contributed by atoms with Gasteiger partial charge in [-0.3, -0.25) is 9.59 Å². The van der Waals surface area contributed by atoms with Crippen LogP contribution in [0.4, 0.5) is 4.39 Å². The summed E-state index contributed by atoms with van der Waals surface area (Å²) in [5.41, 5.74) is 6.26. The number of carbonyl (C=O) groups is 2. The van der Waals surface area contributed by atoms with Gasteiger partial charge in [-0.1, -0.05) is 36.4 Å². The average molecular weight is 330 g/mol. The molecular weight excluding hydrogens is 311 g/mol. The van der Waals surface area contributed by atoms with Gasteiger partial charge in [-0.15, -0.1) is 0 Å². The number of hydrogen-bond donors (Lipinski definition) is 2. The fraction of sp³-hybridized carbons (Fsp3) is 0.222. The van der Waals surface area contributed by atoms with Gasteiger partial charge >= 0.3 is 0 Å². The molecule has 0 radical (unpaired) electrons. The first-order valence-corrected chi connectivity index (χ1v) is 7.58. The van der Waals surface area contributed by atoms with Crippen LogP contribution in [0, 0.1) is 5.82 Å². The first-order chi connectivity index (χ1) is 11.5. The van der Waals surface area contributed by atoms with E-state index in [1.54, 1.807) is 6.92 Å². The molecule has 24 heavy (non-hydrogen) atoms. The number of benzene rings is 2. The number of primary amides is 1. The molecule has 0 aliphatic carbocycles. The zero-order valence-electron chi connectivity index (χ0n) is 13.3. The summed E-state index contributed by atoms with van der Waals surface area (Å²) < 4.78 is 19.0. The van der Waals surface area contributed by atoms with Crippen molar-refractivity contribution >= 4 is 11.8 Å². The van der Waals surface area contributed by atoms with E-state index in [0.29, 0.717) is 0 Å². The van der Waals surface area contributed by atoms with Crippen molar-refractivity contribution in [2.75, 3.05) is 6.61 Å². The molecule has 126 valence electrons. The van der Waals surface area contributed by atoms with Crippen LogP contribution < -0.4 is 15.8 Å². The molecule has 2 amide bonds. The zero-order valence-corrected chi connectivity index (χ0v) is 13.3. The van der Waals surface area contributed by atoms with E-state index in [1.165, 1.54) is 18.2 Å². The van der Waals surface area contributed by atoms with E-state index < -0.39 is 23.7 Å². The summed E-state index contributed by atoms with van der Waals surface area (Å²) in [6, 6.07) is 12.3. The maximum absolute atomic E-state index is 13.8. The van der Waals surface area contributed by atoms with E-state index in [0.717, 1.165) is 5.56 Å². The number of carbonyl (C=O) groups excluding carboxylic acids is 2. The highest BCUT2D eigenvalue weighted by Gasteiger charge is 2.22. The molecule has 0 aromatic heterocycles. The third-order valence-corrected chi connectivity index (χ3v) is 3.43. The molecular formula is C18H19FN2O3. The van der Waals surface area contributed by atoms with Crippen LogP contribution in [0.5, 0.6) is 5.75 Å². The van der Waals surface area contributed by atoms with E-state index in [4.69, 9.17) is 10.5 Å². The van der Waals surface area contributed by atoms with Crippen LogP contribution in [-0.2, 0) is 11.2 Å². The topological polar surface area (TPSA) is 81.4 Å². The van der Waals surface area contributed by atoms with Crippen LogP contribution in [0.2, 0.25) is 0 Å². The summed E-state index contributed by atoms with van der Waals surface area (Å²) in [5, 5.41) is 2.55. The van der Waals surface area contributed by atoms with Gasteiger partial charge in [0, 0.05) is 6.42 Å². The Bertz CT molecular complexity index is 719. The molecule has 2 aromatic rings. The molecule has 0 bridgehead atoms. The Hall–Kier alpha value is -2.89. The average Bonchev–Trinajstić information content (AvgIpc) is 2.57. The van der Waals surface area contributed by atoms with Crippen molar-refractivity contribution < 1.29 is 18.7 Å². The lowest BCUT2D eigenvalue weighted by Crippen LogP contribution is -2.46. The summed E-state index contributed by atoms with van der Waals surface area (Å²) in [5.74, 6) is -2.05. The van der Waals surface area contributed by atoms with E-state index in [-0.39, 0.29) is 24.3 Å². The minimum atomic E-state index is -0.905. The van der Waals surface area contributed by atoms with Gasteiger partial charge in [-0.05, 0) is 24.6 Å². The summed E-state index contributed by atoms with van der Waals surface area (Å²) >= 11 is 0. The summed E-state index contributed by atoms with van der Waals surface area (Å²) in [4.78, 5) is 24.1. The number of para-hydroxylation sites is 1. The molecule has 0 heterocycles. The van der Waals surface area contributed by atoms with E-state index >= 15 is 0 Å². The highest BCUT2D eigenvalue weighted by Crippen LogP contribution is 2.22. The fourth-order valence-corrected chi connectivity index (χ4v) is 2.29. The number of ether oxygens (including phenoxy) is 1. The number of amides is 2. The largest absolute Gasteiger partial charge is 0.490 e. The van der Waals surface area contributed by atoms with Gasteiger partial charge in [0.05, 0.1) is 12.2 Å². The van der Waals surface area contributed by atoms with Crippen LogP contribution in [0.3, 0.4) is 0 Å². The lowest BCUT2D eigenvalue weighted by atomic mass is 10.0. The molecule has 0 fully saturated rings. The molecule has 0 saturated carbocycles. The van der Waals surface area contributed by atoms with Crippen molar-refractivity contribution in [3.63, 3.8) is 0 Å². The number of nitrogens with one attached hydrogen (secondary N) is 1. The third kappa shape index (κ3) is 4.32. The van der Waals surface area contributed by atoms with Gasteiger partial charge in [-0.25, -0.2) is 4.39 Å². The minimum Gasteiger partial charge on any atom is -0.490 e. The SMILES string of the molecule is CCOc1c(F)cccc1C(=O)N[C@H](Cc1ccccc1)C(N)=O. The Balaban J connectivity index is 2.19. The van der Waals surface area contributed by atoms with Crippen LogP contribution >= 0.6 is 0 Å². The molecule has 6 heteroatoms.